The minimum absolute atomic E-state index is 0.0279. The van der Waals surface area contributed by atoms with Crippen LogP contribution in [0.2, 0.25) is 5.02 Å². The number of nitriles is 1. The minimum Gasteiger partial charge on any atom is -0.488 e. The zero-order valence-electron chi connectivity index (χ0n) is 41.9. The minimum atomic E-state index is -0.466. The van der Waals surface area contributed by atoms with Crippen molar-refractivity contribution >= 4 is 80.3 Å². The SMILES string of the molecule is CCC[C@H](NC(=O)/C(C#N)=C/c1cccc(Br)n1)c1ccc(OC/C=N/OCCOCCOCCOCCCC(=O)CN2CCN(c3cc(Cc4ncc(C(=O)Nc5c(C)cccc5Cl)s4)nc(C)n3)CC2)cc1. The van der Waals surface area contributed by atoms with Crippen molar-refractivity contribution in [2.24, 2.45) is 5.16 Å². The van der Waals surface area contributed by atoms with Crippen molar-refractivity contribution in [2.75, 3.05) is 95.8 Å². The number of oxime groups is 1. The molecule has 4 heterocycles. The van der Waals surface area contributed by atoms with Crippen LogP contribution in [-0.2, 0) is 35.1 Å². The van der Waals surface area contributed by atoms with Gasteiger partial charge in [0.05, 0.1) is 85.1 Å². The highest BCUT2D eigenvalue weighted by Crippen LogP contribution is 2.28. The Hall–Kier alpha value is -6.18. The number of Topliss-reactive ketones (excluding diaryl/α,β-unsaturated/α-hetero) is 1. The molecular formula is C53H62BrClN10O8S. The Morgan fingerprint density at radius 1 is 0.932 bits per heavy atom. The van der Waals surface area contributed by atoms with Crippen LogP contribution < -0.4 is 20.3 Å². The topological polar surface area (TPSA) is 216 Å². The van der Waals surface area contributed by atoms with E-state index in [9.17, 15) is 19.6 Å². The fourth-order valence-electron chi connectivity index (χ4n) is 7.67. The summed E-state index contributed by atoms with van der Waals surface area (Å²) in [6, 6.07) is 21.9. The first-order chi connectivity index (χ1) is 36.0. The average molecular weight is 1110 g/mol. The molecule has 21 heteroatoms. The van der Waals surface area contributed by atoms with E-state index in [2.05, 4.69) is 56.5 Å². The first-order valence-corrected chi connectivity index (χ1v) is 26.5. The third-order valence-corrected chi connectivity index (χ3v) is 13.1. The van der Waals surface area contributed by atoms with Gasteiger partial charge >= 0.3 is 0 Å². The summed E-state index contributed by atoms with van der Waals surface area (Å²) in [6.07, 6.45) is 7.67. The summed E-state index contributed by atoms with van der Waals surface area (Å²) in [5.41, 5.74) is 3.67. The lowest BCUT2D eigenvalue weighted by Crippen LogP contribution is -2.48. The number of para-hydroxylation sites is 1. The van der Waals surface area contributed by atoms with Crippen molar-refractivity contribution in [1.82, 2.24) is 30.2 Å². The second-order valence-electron chi connectivity index (χ2n) is 17.1. The van der Waals surface area contributed by atoms with Crippen LogP contribution in [0, 0.1) is 25.2 Å². The summed E-state index contributed by atoms with van der Waals surface area (Å²) in [5, 5.41) is 20.7. The Labute approximate surface area is 449 Å². The van der Waals surface area contributed by atoms with Crippen LogP contribution in [0.5, 0.6) is 5.75 Å². The molecule has 5 aromatic rings. The quantitative estimate of drug-likeness (QED) is 0.0110. The van der Waals surface area contributed by atoms with E-state index in [-0.39, 0.29) is 36.5 Å². The van der Waals surface area contributed by atoms with Crippen LogP contribution in [0.15, 0.2) is 88.3 Å². The van der Waals surface area contributed by atoms with Crippen molar-refractivity contribution < 1.29 is 38.2 Å². The van der Waals surface area contributed by atoms with E-state index in [0.29, 0.717) is 109 Å². The highest BCUT2D eigenvalue weighted by molar-refractivity contribution is 9.10. The van der Waals surface area contributed by atoms with Crippen molar-refractivity contribution in [3.63, 3.8) is 0 Å². The van der Waals surface area contributed by atoms with Gasteiger partial charge < -0.3 is 39.3 Å². The molecule has 3 aromatic heterocycles. The number of hydrogen-bond acceptors (Lipinski definition) is 17. The van der Waals surface area contributed by atoms with Gasteiger partial charge in [0.15, 0.2) is 0 Å². The number of halogens is 2. The number of amides is 2. The summed E-state index contributed by atoms with van der Waals surface area (Å²) >= 11 is 10.9. The van der Waals surface area contributed by atoms with E-state index in [1.54, 1.807) is 30.5 Å². The lowest BCUT2D eigenvalue weighted by molar-refractivity contribution is -0.120. The molecule has 0 spiro atoms. The monoisotopic (exact) mass is 1110 g/mol. The van der Waals surface area contributed by atoms with Crippen LogP contribution in [0.4, 0.5) is 11.5 Å². The first kappa shape index (κ1) is 57.1. The fraction of sp³-hybridized carbons (Fsp3) is 0.415. The molecule has 0 bridgehead atoms. The predicted molar refractivity (Wildman–Crippen MR) is 289 cm³/mol. The van der Waals surface area contributed by atoms with E-state index in [0.717, 1.165) is 60.2 Å². The number of ketones is 1. The summed E-state index contributed by atoms with van der Waals surface area (Å²) < 4.78 is 23.2. The standard InChI is InChI=1S/C53H62BrClN10O8S/c1-4-8-46(62-52(67)40(34-56)31-41-10-6-13-48(54)61-41)39-14-16-44(17-15-39)72-24-18-58-73-30-29-71-28-27-70-26-25-69-23-7-11-43(66)36-64-19-21-65(22-20-64)49-32-42(59-38(3)60-49)33-50-57-35-47(74-50)53(68)63-51-37(2)9-5-12-45(51)55/h5-6,9-10,12-18,31-32,35,46H,4,7-8,11,19-30,33,36H2,1-3H3,(H,62,67)(H,63,68)/b40-31+,58-18+/t46-/m0/s1. The van der Waals surface area contributed by atoms with Crippen LogP contribution in [0.1, 0.15) is 81.7 Å². The fourth-order valence-corrected chi connectivity index (χ4v) is 9.12. The van der Waals surface area contributed by atoms with E-state index >= 15 is 0 Å². The second-order valence-corrected chi connectivity index (χ2v) is 19.4. The Balaban J connectivity index is 0.745. The van der Waals surface area contributed by atoms with Gasteiger partial charge in [-0.25, -0.2) is 19.9 Å². The number of aromatic nitrogens is 4. The van der Waals surface area contributed by atoms with Gasteiger partial charge in [-0.3, -0.25) is 19.3 Å². The Morgan fingerprint density at radius 3 is 2.38 bits per heavy atom. The van der Waals surface area contributed by atoms with Gasteiger partial charge in [-0.2, -0.15) is 5.26 Å². The number of aryl methyl sites for hydroxylation is 2. The number of nitrogens with zero attached hydrogens (tertiary/aromatic N) is 8. The van der Waals surface area contributed by atoms with Gasteiger partial charge in [0.2, 0.25) is 0 Å². The van der Waals surface area contributed by atoms with Gasteiger partial charge in [0.1, 0.15) is 57.5 Å². The number of anilines is 2. The molecule has 392 valence electrons. The number of pyridine rings is 1. The molecule has 0 saturated carbocycles. The summed E-state index contributed by atoms with van der Waals surface area (Å²) in [4.78, 5) is 67.0. The number of nitrogens with one attached hydrogen (secondary N) is 2. The lowest BCUT2D eigenvalue weighted by atomic mass is 10.0. The summed E-state index contributed by atoms with van der Waals surface area (Å²) in [6.45, 7) is 12.2. The molecule has 1 aliphatic rings. The van der Waals surface area contributed by atoms with Crippen molar-refractivity contribution in [3.8, 4) is 11.8 Å². The number of rotatable bonds is 30. The van der Waals surface area contributed by atoms with Gasteiger partial charge in [0.25, 0.3) is 11.8 Å². The van der Waals surface area contributed by atoms with Gasteiger partial charge in [-0.1, -0.05) is 60.4 Å². The predicted octanol–water partition coefficient (Wildman–Crippen LogP) is 8.37. The number of thiazole rings is 1. The Bertz CT molecular complexity index is 2690. The molecule has 0 radical (unpaired) electrons. The Morgan fingerprint density at radius 2 is 1.66 bits per heavy atom. The maximum Gasteiger partial charge on any atom is 0.267 e. The van der Waals surface area contributed by atoms with Crippen LogP contribution >= 0.6 is 38.9 Å². The first-order valence-electron chi connectivity index (χ1n) is 24.5. The molecule has 6 rings (SSSR count). The molecular weight excluding hydrogens is 1050 g/mol. The number of carbonyl (C=O) groups is 3. The normalized spacial score (nSPS) is 13.4. The molecule has 2 aromatic carbocycles. The lowest BCUT2D eigenvalue weighted by Gasteiger charge is -2.35. The number of piperazine rings is 1. The van der Waals surface area contributed by atoms with E-state index < -0.39 is 5.91 Å². The molecule has 2 N–H and O–H groups in total. The molecule has 0 aliphatic carbocycles. The Kier molecular flexibility index (Phi) is 23.8. The average Bonchev–Trinajstić information content (AvgIpc) is 3.86. The highest BCUT2D eigenvalue weighted by Gasteiger charge is 2.22. The second kappa shape index (κ2) is 30.9. The van der Waals surface area contributed by atoms with Gasteiger partial charge in [-0.05, 0) is 90.2 Å². The highest BCUT2D eigenvalue weighted by atomic mass is 79.9. The van der Waals surface area contributed by atoms with Crippen LogP contribution in [-0.4, -0.2) is 134 Å². The maximum atomic E-state index is 13.0. The summed E-state index contributed by atoms with van der Waals surface area (Å²) in [7, 11) is 0. The molecule has 0 unspecified atom stereocenters. The largest absolute Gasteiger partial charge is 0.488 e. The molecule has 18 nitrogen and oxygen atoms in total. The van der Waals surface area contributed by atoms with E-state index in [1.165, 1.54) is 23.6 Å². The van der Waals surface area contributed by atoms with Crippen LogP contribution in [0.3, 0.4) is 0 Å². The maximum absolute atomic E-state index is 13.0. The zero-order chi connectivity index (χ0) is 52.5. The molecule has 2 amide bonds. The van der Waals surface area contributed by atoms with E-state index in [4.69, 9.17) is 40.4 Å². The van der Waals surface area contributed by atoms with Crippen LogP contribution in [0.25, 0.3) is 6.08 Å². The zero-order valence-corrected chi connectivity index (χ0v) is 45.1. The number of ether oxygens (including phenoxy) is 4. The number of benzene rings is 2. The molecule has 1 aliphatic heterocycles. The number of hydrogen-bond donors (Lipinski definition) is 2. The molecule has 1 atom stereocenters. The van der Waals surface area contributed by atoms with E-state index in [1.807, 2.05) is 69.3 Å². The summed E-state index contributed by atoms with van der Waals surface area (Å²) in [5.74, 6) is 1.60. The third kappa shape index (κ3) is 19.3. The molecule has 1 fully saturated rings. The van der Waals surface area contributed by atoms with Gasteiger partial charge in [-0.15, -0.1) is 11.3 Å². The van der Waals surface area contributed by atoms with Crippen molar-refractivity contribution in [3.05, 3.63) is 126 Å². The number of carbonyl (C=O) groups excluding carboxylic acids is 3. The molecule has 74 heavy (non-hydrogen) atoms. The third-order valence-electron chi connectivity index (χ3n) is 11.4. The smallest absolute Gasteiger partial charge is 0.267 e. The molecule has 1 saturated heterocycles. The van der Waals surface area contributed by atoms with Crippen molar-refractivity contribution in [1.29, 1.82) is 5.26 Å². The van der Waals surface area contributed by atoms with Gasteiger partial charge in [0, 0.05) is 51.7 Å². The van der Waals surface area contributed by atoms with Crippen molar-refractivity contribution in [2.45, 2.75) is 58.9 Å².